The van der Waals surface area contributed by atoms with Gasteiger partial charge in [0.2, 0.25) is 15.7 Å². The zero-order valence-electron chi connectivity index (χ0n) is 23.7. The Morgan fingerprint density at radius 1 is 1.10 bits per heavy atom. The molecule has 1 aromatic carbocycles. The van der Waals surface area contributed by atoms with E-state index in [4.69, 9.17) is 20.8 Å². The van der Waals surface area contributed by atoms with E-state index >= 15 is 0 Å². The highest BCUT2D eigenvalue weighted by molar-refractivity contribution is 6.32. The maximum atomic E-state index is 13.9. The number of carbonyl (C=O) groups is 2. The summed E-state index contributed by atoms with van der Waals surface area (Å²) in [5, 5.41) is 4.07. The van der Waals surface area contributed by atoms with Crippen LogP contribution in [-0.4, -0.2) is 59.8 Å². The zero-order chi connectivity index (χ0) is 29.4. The van der Waals surface area contributed by atoms with Crippen LogP contribution in [-0.2, 0) is 25.9 Å². The Bertz CT molecular complexity index is 1590. The molecule has 1 amide bonds. The van der Waals surface area contributed by atoms with Crippen LogP contribution in [0.25, 0.3) is 11.0 Å². The van der Waals surface area contributed by atoms with E-state index in [9.17, 15) is 9.59 Å². The molecule has 2 radical (unpaired) electrons. The van der Waals surface area contributed by atoms with Gasteiger partial charge in [-0.05, 0) is 42.6 Å². The number of halogens is 1. The second kappa shape index (κ2) is 11.1. The predicted molar refractivity (Wildman–Crippen MR) is 158 cm³/mol. The van der Waals surface area contributed by atoms with Gasteiger partial charge in [0.1, 0.15) is 17.5 Å². The molecule has 11 heteroatoms. The van der Waals surface area contributed by atoms with Crippen molar-refractivity contribution < 1.29 is 18.8 Å². The number of nitrogens with one attached hydrogen (secondary N) is 1. The summed E-state index contributed by atoms with van der Waals surface area (Å²) in [4.78, 5) is 39.5. The maximum absolute atomic E-state index is 13.9. The van der Waals surface area contributed by atoms with Gasteiger partial charge in [0.15, 0.2) is 5.78 Å². The summed E-state index contributed by atoms with van der Waals surface area (Å²) in [6, 6.07) is 8.70. The standard InChI is InChI=1S/C30H32ClN5O4Si/c1-28(2,3)41-40-29(4,5)30(16-39-17-30)36-15-24(23-14-33-18-34-27(23)36)26(38)20-11-22(13-32-12-20)35-25(37)10-19-6-8-21(31)9-7-19/h6-9,11-15,18H,10,16-17H2,1-5H3,(H,35,37). The Hall–Kier alpha value is -3.44. The summed E-state index contributed by atoms with van der Waals surface area (Å²) >= 11 is 5.94. The van der Waals surface area contributed by atoms with E-state index in [1.807, 2.05) is 10.8 Å². The van der Waals surface area contributed by atoms with Crippen LogP contribution in [0, 0.1) is 0 Å². The van der Waals surface area contributed by atoms with E-state index in [2.05, 4.69) is 54.9 Å². The van der Waals surface area contributed by atoms with Crippen LogP contribution in [0.3, 0.4) is 0 Å². The second-order valence-electron chi connectivity index (χ2n) is 11.8. The van der Waals surface area contributed by atoms with E-state index in [1.165, 1.54) is 18.7 Å². The van der Waals surface area contributed by atoms with Crippen molar-refractivity contribution in [3.8, 4) is 0 Å². The number of aromatic nitrogens is 4. The van der Waals surface area contributed by atoms with E-state index in [0.717, 1.165) is 5.56 Å². The van der Waals surface area contributed by atoms with Crippen molar-refractivity contribution in [3.63, 3.8) is 0 Å². The number of hydrogen-bond acceptors (Lipinski definition) is 7. The summed E-state index contributed by atoms with van der Waals surface area (Å²) < 4.78 is 14.2. The summed E-state index contributed by atoms with van der Waals surface area (Å²) in [7, 11) is 0.274. The topological polar surface area (TPSA) is 108 Å². The van der Waals surface area contributed by atoms with Crippen LogP contribution >= 0.6 is 11.6 Å². The Kier molecular flexibility index (Phi) is 7.86. The number of anilines is 1. The van der Waals surface area contributed by atoms with Gasteiger partial charge in [0.25, 0.3) is 0 Å². The number of ketones is 1. The van der Waals surface area contributed by atoms with E-state index in [-0.39, 0.29) is 32.9 Å². The molecule has 0 spiro atoms. The van der Waals surface area contributed by atoms with Crippen LogP contribution in [0.15, 0.2) is 61.4 Å². The van der Waals surface area contributed by atoms with Gasteiger partial charge in [0, 0.05) is 34.6 Å². The molecule has 0 aliphatic carbocycles. The summed E-state index contributed by atoms with van der Waals surface area (Å²) in [5.41, 5.74) is 1.48. The Morgan fingerprint density at radius 3 is 2.49 bits per heavy atom. The van der Waals surface area contributed by atoms with Gasteiger partial charge >= 0.3 is 0 Å². The quantitative estimate of drug-likeness (QED) is 0.210. The Labute approximate surface area is 246 Å². The predicted octanol–water partition coefficient (Wildman–Crippen LogP) is 5.25. The van der Waals surface area contributed by atoms with E-state index in [1.54, 1.807) is 36.5 Å². The molecule has 41 heavy (non-hydrogen) atoms. The lowest BCUT2D eigenvalue weighted by atomic mass is 9.80. The summed E-state index contributed by atoms with van der Waals surface area (Å²) in [6.45, 7) is 11.4. The maximum Gasteiger partial charge on any atom is 0.236 e. The molecule has 1 aliphatic rings. The fourth-order valence-corrected chi connectivity index (χ4v) is 5.58. The number of ether oxygens (including phenoxy) is 1. The molecule has 1 saturated heterocycles. The lowest BCUT2D eigenvalue weighted by Gasteiger charge is -2.53. The number of fused-ring (bicyclic) bond motifs is 1. The largest absolute Gasteiger partial charge is 0.409 e. The monoisotopic (exact) mass is 589 g/mol. The molecule has 9 nitrogen and oxygen atoms in total. The molecule has 212 valence electrons. The van der Waals surface area contributed by atoms with Crippen LogP contribution in [0.4, 0.5) is 5.69 Å². The zero-order valence-corrected chi connectivity index (χ0v) is 25.5. The number of amides is 1. The minimum Gasteiger partial charge on any atom is -0.409 e. The van der Waals surface area contributed by atoms with Crippen LogP contribution in [0.1, 0.15) is 56.1 Å². The fourth-order valence-electron chi connectivity index (χ4n) is 4.70. The first-order chi connectivity index (χ1) is 19.4. The highest BCUT2D eigenvalue weighted by atomic mass is 35.5. The van der Waals surface area contributed by atoms with Gasteiger partial charge in [-0.1, -0.05) is 44.5 Å². The van der Waals surface area contributed by atoms with Gasteiger partial charge in [-0.2, -0.15) is 0 Å². The number of pyridine rings is 1. The van der Waals surface area contributed by atoms with E-state index < -0.39 is 11.1 Å². The van der Waals surface area contributed by atoms with Crippen molar-refractivity contribution in [1.82, 2.24) is 19.5 Å². The molecule has 4 heterocycles. The van der Waals surface area contributed by atoms with Gasteiger partial charge in [-0.15, -0.1) is 0 Å². The Morgan fingerprint density at radius 2 is 1.83 bits per heavy atom. The van der Waals surface area contributed by atoms with Crippen molar-refractivity contribution >= 4 is 49.8 Å². The van der Waals surface area contributed by atoms with E-state index in [0.29, 0.717) is 46.1 Å². The molecule has 4 aromatic rings. The second-order valence-corrected chi connectivity index (χ2v) is 14.1. The molecular formula is C30H32ClN5O4Si. The first kappa shape index (κ1) is 29.1. The molecular weight excluding hydrogens is 558 g/mol. The molecule has 0 unspecified atom stereocenters. The van der Waals surface area contributed by atoms with Crippen LogP contribution in [0.2, 0.25) is 10.1 Å². The van der Waals surface area contributed by atoms with Crippen molar-refractivity contribution in [2.75, 3.05) is 18.5 Å². The van der Waals surface area contributed by atoms with Crippen molar-refractivity contribution in [3.05, 3.63) is 83.2 Å². The van der Waals surface area contributed by atoms with Gasteiger partial charge < -0.3 is 19.0 Å². The Balaban J connectivity index is 1.44. The first-order valence-electron chi connectivity index (χ1n) is 13.3. The van der Waals surface area contributed by atoms with Crippen molar-refractivity contribution in [1.29, 1.82) is 0 Å². The number of rotatable bonds is 9. The highest BCUT2D eigenvalue weighted by Crippen LogP contribution is 2.43. The fraction of sp³-hybridized carbons (Fsp3) is 0.367. The molecule has 0 saturated carbocycles. The third-order valence-electron chi connectivity index (χ3n) is 7.15. The molecule has 1 aliphatic heterocycles. The van der Waals surface area contributed by atoms with Crippen molar-refractivity contribution in [2.24, 2.45) is 0 Å². The smallest absolute Gasteiger partial charge is 0.236 e. The molecule has 3 aromatic heterocycles. The first-order valence-corrected chi connectivity index (χ1v) is 14.6. The van der Waals surface area contributed by atoms with Gasteiger partial charge in [-0.25, -0.2) is 9.97 Å². The lowest BCUT2D eigenvalue weighted by molar-refractivity contribution is -0.184. The summed E-state index contributed by atoms with van der Waals surface area (Å²) in [6.07, 6.45) is 8.11. The normalized spacial score (nSPS) is 15.0. The molecule has 1 fully saturated rings. The van der Waals surface area contributed by atoms with Crippen LogP contribution < -0.4 is 5.32 Å². The van der Waals surface area contributed by atoms with Gasteiger partial charge in [-0.3, -0.25) is 14.6 Å². The minimum absolute atomic E-state index is 0.00731. The number of hydrogen-bond donors (Lipinski definition) is 1. The highest BCUT2D eigenvalue weighted by Gasteiger charge is 2.54. The SMILES string of the molecule is CC(C)(C)[Si]OC(C)(C)C1(n2cc(C(=O)c3cncc(NC(=O)Cc4ccc(Cl)cc4)c3)c3cncnc32)COC1. The molecule has 0 atom stereocenters. The molecule has 0 bridgehead atoms. The number of carbonyl (C=O) groups excluding carboxylic acids is 2. The van der Waals surface area contributed by atoms with Crippen LogP contribution in [0.5, 0.6) is 0 Å². The molecule has 5 rings (SSSR count). The average molecular weight is 590 g/mol. The third kappa shape index (κ3) is 5.96. The number of nitrogens with zero attached hydrogens (tertiary/aromatic N) is 4. The third-order valence-corrected chi connectivity index (χ3v) is 8.63. The lowest BCUT2D eigenvalue weighted by Crippen LogP contribution is -2.65. The molecule has 1 N–H and O–H groups in total. The van der Waals surface area contributed by atoms with Crippen molar-refractivity contribution in [2.45, 2.75) is 57.2 Å². The number of benzene rings is 1. The average Bonchev–Trinajstić information content (AvgIpc) is 3.27. The summed E-state index contributed by atoms with van der Waals surface area (Å²) in [5.74, 6) is -0.482. The van der Waals surface area contributed by atoms with Gasteiger partial charge in [0.05, 0.1) is 42.7 Å². The minimum atomic E-state index is -0.607.